The van der Waals surface area contributed by atoms with E-state index in [1.54, 1.807) is 26.4 Å². The first kappa shape index (κ1) is 25.1. The van der Waals surface area contributed by atoms with E-state index in [1.807, 2.05) is 13.0 Å². The minimum absolute atomic E-state index is 0.119. The van der Waals surface area contributed by atoms with Crippen LogP contribution in [0.5, 0.6) is 17.2 Å². The average molecular weight is 497 g/mol. The van der Waals surface area contributed by atoms with Gasteiger partial charge in [0.15, 0.2) is 18.1 Å². The second-order valence-electron chi connectivity index (χ2n) is 7.75. The molecule has 0 radical (unpaired) electrons. The van der Waals surface area contributed by atoms with Gasteiger partial charge in [-0.15, -0.1) is 0 Å². The number of methoxy groups -OCH3 is 2. The Hall–Kier alpha value is -2.49. The lowest BCUT2D eigenvalue weighted by atomic mass is 10.1. The lowest BCUT2D eigenvalue weighted by molar-refractivity contribution is -0.123. The normalized spacial score (nSPS) is 15.5. The van der Waals surface area contributed by atoms with E-state index in [9.17, 15) is 13.2 Å². The summed E-state index contributed by atoms with van der Waals surface area (Å²) in [5.74, 6) is 1.06. The summed E-state index contributed by atoms with van der Waals surface area (Å²) in [4.78, 5) is 12.5. The number of benzene rings is 2. The number of carbonyl (C=O) groups is 1. The first-order valence-electron chi connectivity index (χ1n) is 10.7. The van der Waals surface area contributed by atoms with Crippen LogP contribution >= 0.6 is 11.6 Å². The van der Waals surface area contributed by atoms with Gasteiger partial charge in [0.25, 0.3) is 5.91 Å². The summed E-state index contributed by atoms with van der Waals surface area (Å²) in [7, 11) is -0.492. The van der Waals surface area contributed by atoms with Gasteiger partial charge in [0.05, 0.1) is 30.2 Å². The molecule has 2 aromatic carbocycles. The number of hydrogen-bond acceptors (Lipinski definition) is 6. The minimum atomic E-state index is -3.60. The van der Waals surface area contributed by atoms with E-state index >= 15 is 0 Å². The van der Waals surface area contributed by atoms with Crippen LogP contribution in [0, 0.1) is 0 Å². The van der Waals surface area contributed by atoms with Gasteiger partial charge in [-0.05, 0) is 55.7 Å². The van der Waals surface area contributed by atoms with E-state index in [-0.39, 0.29) is 34.2 Å². The number of sulfonamides is 1. The highest BCUT2D eigenvalue weighted by atomic mass is 35.5. The third-order valence-corrected chi connectivity index (χ3v) is 7.69. The number of piperidine rings is 1. The van der Waals surface area contributed by atoms with Gasteiger partial charge in [0.1, 0.15) is 5.75 Å². The topological polar surface area (TPSA) is 94.2 Å². The fraction of sp³-hybridized carbons (Fsp3) is 0.435. The van der Waals surface area contributed by atoms with Crippen LogP contribution in [0.3, 0.4) is 0 Å². The Morgan fingerprint density at radius 1 is 1.03 bits per heavy atom. The third-order valence-electron chi connectivity index (χ3n) is 5.50. The van der Waals surface area contributed by atoms with E-state index < -0.39 is 10.0 Å². The van der Waals surface area contributed by atoms with E-state index in [0.717, 1.165) is 24.8 Å². The molecule has 180 valence electrons. The fourth-order valence-electron chi connectivity index (χ4n) is 3.65. The van der Waals surface area contributed by atoms with Crippen LogP contribution in [0.2, 0.25) is 5.02 Å². The maximum absolute atomic E-state index is 12.8. The molecule has 1 amide bonds. The van der Waals surface area contributed by atoms with Gasteiger partial charge in [0.2, 0.25) is 10.0 Å². The molecule has 1 atom stereocenters. The Balaban J connectivity index is 1.60. The second kappa shape index (κ2) is 11.1. The molecule has 3 rings (SSSR count). The van der Waals surface area contributed by atoms with Crippen molar-refractivity contribution in [1.29, 1.82) is 0 Å². The quantitative estimate of drug-likeness (QED) is 0.567. The number of nitrogens with zero attached hydrogens (tertiary/aromatic N) is 1. The smallest absolute Gasteiger partial charge is 0.258 e. The SMILES string of the molecule is COc1ccc([C@H](C)NC(=O)COc2ccc(S(=O)(=O)N3CCCCC3)cc2Cl)cc1OC. The predicted molar refractivity (Wildman–Crippen MR) is 126 cm³/mol. The van der Waals surface area contributed by atoms with E-state index in [4.69, 9.17) is 25.8 Å². The maximum atomic E-state index is 12.8. The van der Waals surface area contributed by atoms with Gasteiger partial charge in [-0.25, -0.2) is 8.42 Å². The molecule has 1 N–H and O–H groups in total. The zero-order valence-corrected chi connectivity index (χ0v) is 20.5. The first-order valence-corrected chi connectivity index (χ1v) is 12.5. The molecule has 8 nitrogen and oxygen atoms in total. The van der Waals surface area contributed by atoms with Gasteiger partial charge >= 0.3 is 0 Å². The van der Waals surface area contributed by atoms with Crippen molar-refractivity contribution in [3.05, 3.63) is 47.0 Å². The van der Waals surface area contributed by atoms with Crippen LogP contribution in [-0.2, 0) is 14.8 Å². The van der Waals surface area contributed by atoms with Gasteiger partial charge in [-0.3, -0.25) is 4.79 Å². The molecule has 33 heavy (non-hydrogen) atoms. The first-order chi connectivity index (χ1) is 15.8. The fourth-order valence-corrected chi connectivity index (χ4v) is 5.49. The predicted octanol–water partition coefficient (Wildman–Crippen LogP) is 3.79. The third kappa shape index (κ3) is 6.10. The summed E-state index contributed by atoms with van der Waals surface area (Å²) < 4.78 is 43.1. The highest BCUT2D eigenvalue weighted by molar-refractivity contribution is 7.89. The molecule has 0 aliphatic carbocycles. The summed E-state index contributed by atoms with van der Waals surface area (Å²) >= 11 is 6.26. The van der Waals surface area contributed by atoms with Gasteiger partial charge < -0.3 is 19.5 Å². The lowest BCUT2D eigenvalue weighted by Crippen LogP contribution is -2.35. The molecule has 1 heterocycles. The molecular weight excluding hydrogens is 468 g/mol. The summed E-state index contributed by atoms with van der Waals surface area (Å²) in [5.41, 5.74) is 0.839. The lowest BCUT2D eigenvalue weighted by Gasteiger charge is -2.26. The zero-order chi connectivity index (χ0) is 24.0. The molecule has 1 saturated heterocycles. The van der Waals surface area contributed by atoms with Crippen molar-refractivity contribution in [2.24, 2.45) is 0 Å². The second-order valence-corrected chi connectivity index (χ2v) is 10.1. The maximum Gasteiger partial charge on any atom is 0.258 e. The number of halogens is 1. The van der Waals surface area contributed by atoms with Crippen LogP contribution in [-0.4, -0.2) is 52.5 Å². The Labute approximate surface area is 199 Å². The molecule has 1 fully saturated rings. The Morgan fingerprint density at radius 3 is 2.33 bits per heavy atom. The van der Waals surface area contributed by atoms with E-state index in [2.05, 4.69) is 5.32 Å². The summed E-state index contributed by atoms with van der Waals surface area (Å²) in [6, 6.07) is 9.40. The van der Waals surface area contributed by atoms with Crippen molar-refractivity contribution >= 4 is 27.5 Å². The molecule has 1 aliphatic rings. The van der Waals surface area contributed by atoms with Crippen molar-refractivity contribution in [2.45, 2.75) is 37.1 Å². The molecule has 2 aromatic rings. The van der Waals surface area contributed by atoms with Gasteiger partial charge in [-0.2, -0.15) is 4.31 Å². The van der Waals surface area contributed by atoms with Crippen LogP contribution in [0.25, 0.3) is 0 Å². The van der Waals surface area contributed by atoms with Crippen molar-refractivity contribution in [2.75, 3.05) is 33.9 Å². The number of rotatable bonds is 9. The van der Waals surface area contributed by atoms with Crippen molar-refractivity contribution in [3.63, 3.8) is 0 Å². The van der Waals surface area contributed by atoms with E-state index in [1.165, 1.54) is 22.5 Å². The zero-order valence-electron chi connectivity index (χ0n) is 19.0. The largest absolute Gasteiger partial charge is 0.493 e. The van der Waals surface area contributed by atoms with Crippen LogP contribution in [0.1, 0.15) is 37.8 Å². The van der Waals surface area contributed by atoms with Crippen molar-refractivity contribution in [3.8, 4) is 17.2 Å². The molecule has 10 heteroatoms. The van der Waals surface area contributed by atoms with E-state index in [0.29, 0.717) is 24.6 Å². The molecular formula is C23H29ClN2O6S. The van der Waals surface area contributed by atoms with Crippen LogP contribution < -0.4 is 19.5 Å². The molecule has 0 bridgehead atoms. The number of carbonyl (C=O) groups excluding carboxylic acids is 1. The van der Waals surface area contributed by atoms with Crippen molar-refractivity contribution < 1.29 is 27.4 Å². The van der Waals surface area contributed by atoms with Gasteiger partial charge in [0, 0.05) is 13.1 Å². The Bertz CT molecular complexity index is 1090. The van der Waals surface area contributed by atoms with Crippen molar-refractivity contribution in [1.82, 2.24) is 9.62 Å². The number of nitrogens with one attached hydrogen (secondary N) is 1. The number of ether oxygens (including phenoxy) is 3. The highest BCUT2D eigenvalue weighted by Crippen LogP contribution is 2.31. The van der Waals surface area contributed by atoms with Crippen LogP contribution in [0.15, 0.2) is 41.3 Å². The monoisotopic (exact) mass is 496 g/mol. The Morgan fingerprint density at radius 2 is 1.70 bits per heavy atom. The summed E-state index contributed by atoms with van der Waals surface area (Å²) in [5, 5.41) is 2.98. The molecule has 0 unspecified atom stereocenters. The number of amides is 1. The molecule has 0 saturated carbocycles. The molecule has 0 spiro atoms. The molecule has 1 aliphatic heterocycles. The summed E-state index contributed by atoms with van der Waals surface area (Å²) in [6.07, 6.45) is 2.74. The standard InChI is InChI=1S/C23H29ClN2O6S/c1-16(17-7-9-21(30-2)22(13-17)31-3)25-23(27)15-32-20-10-8-18(14-19(20)24)33(28,29)26-11-5-4-6-12-26/h7-10,13-14,16H,4-6,11-12,15H2,1-3H3,(H,25,27)/t16-/m0/s1. The average Bonchev–Trinajstić information content (AvgIpc) is 2.83. The summed E-state index contributed by atoms with van der Waals surface area (Å²) in [6.45, 7) is 2.59. The molecule has 0 aromatic heterocycles. The van der Waals surface area contributed by atoms with Crippen LogP contribution in [0.4, 0.5) is 0 Å². The van der Waals surface area contributed by atoms with Gasteiger partial charge in [-0.1, -0.05) is 24.1 Å². The minimum Gasteiger partial charge on any atom is -0.493 e. The highest BCUT2D eigenvalue weighted by Gasteiger charge is 2.26. The number of hydrogen-bond donors (Lipinski definition) is 1. The Kier molecular flexibility index (Phi) is 8.45.